The number of carboxylic acids is 1. The van der Waals surface area contributed by atoms with Gasteiger partial charge in [0.05, 0.1) is 4.92 Å². The Bertz CT molecular complexity index is 344. The molecule has 0 spiro atoms. The second-order valence-corrected chi connectivity index (χ2v) is 2.18. The van der Waals surface area contributed by atoms with Crippen LogP contribution in [0, 0.1) is 10.1 Å². The average molecular weight is 183 g/mol. The number of nitro groups is 1. The molecule has 0 saturated carbocycles. The van der Waals surface area contributed by atoms with Crippen molar-refractivity contribution in [2.75, 3.05) is 5.73 Å². The summed E-state index contributed by atoms with van der Waals surface area (Å²) in [5.41, 5.74) is 3.97. The number of aromatic nitrogens is 1. The van der Waals surface area contributed by atoms with E-state index in [1.165, 1.54) is 0 Å². The molecule has 1 aromatic heterocycles. The van der Waals surface area contributed by atoms with Crippen LogP contribution >= 0.6 is 0 Å². The molecule has 0 aliphatic carbocycles. The summed E-state index contributed by atoms with van der Waals surface area (Å²) in [4.78, 5) is 23.3. The molecule has 0 aliphatic rings. The van der Waals surface area contributed by atoms with Crippen molar-refractivity contribution in [3.63, 3.8) is 0 Å². The highest BCUT2D eigenvalue weighted by molar-refractivity contribution is 5.95. The molecular formula is C6H5N3O4. The van der Waals surface area contributed by atoms with Crippen LogP contribution in [-0.2, 0) is 0 Å². The Kier molecular flexibility index (Phi) is 2.09. The molecule has 13 heavy (non-hydrogen) atoms. The van der Waals surface area contributed by atoms with Crippen molar-refractivity contribution in [2.45, 2.75) is 0 Å². The third kappa shape index (κ3) is 1.53. The second kappa shape index (κ2) is 3.05. The first-order chi connectivity index (χ1) is 6.04. The maximum Gasteiger partial charge on any atom is 0.339 e. The number of carbonyl (C=O) groups is 1. The van der Waals surface area contributed by atoms with E-state index >= 15 is 0 Å². The molecule has 0 aliphatic heterocycles. The smallest absolute Gasteiger partial charge is 0.339 e. The lowest BCUT2D eigenvalue weighted by atomic mass is 10.2. The number of nitrogens with two attached hydrogens (primary N) is 1. The van der Waals surface area contributed by atoms with Crippen LogP contribution < -0.4 is 5.73 Å². The molecule has 1 rings (SSSR count). The number of aromatic carboxylic acids is 1. The lowest BCUT2D eigenvalue weighted by molar-refractivity contribution is -0.384. The number of nitrogen functional groups attached to an aromatic ring is 1. The Labute approximate surface area is 72.0 Å². The van der Waals surface area contributed by atoms with Crippen LogP contribution in [-0.4, -0.2) is 21.0 Å². The summed E-state index contributed by atoms with van der Waals surface area (Å²) >= 11 is 0. The molecule has 0 saturated heterocycles. The maximum atomic E-state index is 10.5. The van der Waals surface area contributed by atoms with E-state index in [0.717, 1.165) is 12.4 Å². The number of carboxylic acid groups (broad SMARTS) is 1. The highest BCUT2D eigenvalue weighted by Crippen LogP contribution is 2.22. The number of anilines is 1. The molecule has 0 aromatic carbocycles. The van der Waals surface area contributed by atoms with Gasteiger partial charge >= 0.3 is 11.7 Å². The van der Waals surface area contributed by atoms with Crippen LogP contribution in [0.25, 0.3) is 0 Å². The van der Waals surface area contributed by atoms with Crippen molar-refractivity contribution in [1.29, 1.82) is 0 Å². The zero-order valence-electron chi connectivity index (χ0n) is 6.30. The summed E-state index contributed by atoms with van der Waals surface area (Å²) in [6, 6.07) is 0. The minimum absolute atomic E-state index is 0.366. The molecule has 0 radical (unpaired) electrons. The topological polar surface area (TPSA) is 119 Å². The first-order valence-corrected chi connectivity index (χ1v) is 3.15. The van der Waals surface area contributed by atoms with Crippen molar-refractivity contribution in [3.05, 3.63) is 28.1 Å². The van der Waals surface area contributed by atoms with Gasteiger partial charge in [-0.3, -0.25) is 15.1 Å². The van der Waals surface area contributed by atoms with E-state index in [1.807, 2.05) is 0 Å². The average Bonchev–Trinajstić information content (AvgIpc) is 2.03. The molecule has 7 nitrogen and oxygen atoms in total. The molecule has 3 N–H and O–H groups in total. The lowest BCUT2D eigenvalue weighted by Crippen LogP contribution is -2.06. The fraction of sp³-hybridized carbons (Fsp3) is 0. The van der Waals surface area contributed by atoms with Gasteiger partial charge in [-0.25, -0.2) is 4.79 Å². The second-order valence-electron chi connectivity index (χ2n) is 2.18. The molecule has 1 aromatic rings. The van der Waals surface area contributed by atoms with Gasteiger partial charge in [0.25, 0.3) is 0 Å². The predicted octanol–water partition coefficient (Wildman–Crippen LogP) is 0.270. The highest BCUT2D eigenvalue weighted by Gasteiger charge is 2.18. The normalized spacial score (nSPS) is 9.54. The van der Waals surface area contributed by atoms with E-state index < -0.39 is 16.6 Å². The van der Waals surface area contributed by atoms with E-state index in [-0.39, 0.29) is 11.3 Å². The van der Waals surface area contributed by atoms with Gasteiger partial charge in [0.2, 0.25) is 0 Å². The zero-order chi connectivity index (χ0) is 10.0. The van der Waals surface area contributed by atoms with E-state index in [9.17, 15) is 14.9 Å². The van der Waals surface area contributed by atoms with Crippen LogP contribution in [0.3, 0.4) is 0 Å². The summed E-state index contributed by atoms with van der Waals surface area (Å²) in [5, 5.41) is 18.8. The van der Waals surface area contributed by atoms with Gasteiger partial charge < -0.3 is 10.8 Å². The van der Waals surface area contributed by atoms with E-state index in [1.54, 1.807) is 0 Å². The molecule has 68 valence electrons. The Morgan fingerprint density at radius 3 is 2.69 bits per heavy atom. The van der Waals surface area contributed by atoms with Crippen molar-refractivity contribution in [1.82, 2.24) is 4.98 Å². The highest BCUT2D eigenvalue weighted by atomic mass is 16.6. The Balaban J connectivity index is 3.35. The summed E-state index contributed by atoms with van der Waals surface area (Å²) < 4.78 is 0. The number of nitrogens with zero attached hydrogens (tertiary/aromatic N) is 2. The van der Waals surface area contributed by atoms with E-state index in [4.69, 9.17) is 10.8 Å². The quantitative estimate of drug-likeness (QED) is 0.501. The standard InChI is InChI=1S/C6H5N3O4/c7-5-3(6(10)11)1-8-2-4(5)9(12)13/h1-2H,(H2,7,8)(H,10,11). The van der Waals surface area contributed by atoms with Gasteiger partial charge in [-0.1, -0.05) is 0 Å². The van der Waals surface area contributed by atoms with Crippen LogP contribution in [0.15, 0.2) is 12.4 Å². The van der Waals surface area contributed by atoms with Crippen molar-refractivity contribution in [2.24, 2.45) is 0 Å². The SMILES string of the molecule is Nc1c(C(=O)O)cncc1[N+](=O)[O-]. The minimum Gasteiger partial charge on any atom is -0.478 e. The first kappa shape index (κ1) is 8.91. The van der Waals surface area contributed by atoms with Gasteiger partial charge in [-0.05, 0) is 0 Å². The van der Waals surface area contributed by atoms with Crippen LogP contribution in [0.2, 0.25) is 0 Å². The van der Waals surface area contributed by atoms with Gasteiger partial charge in [0.1, 0.15) is 17.4 Å². The first-order valence-electron chi connectivity index (χ1n) is 3.15. The van der Waals surface area contributed by atoms with Crippen molar-refractivity contribution >= 4 is 17.3 Å². The molecule has 0 amide bonds. The van der Waals surface area contributed by atoms with Crippen LogP contribution in [0.4, 0.5) is 11.4 Å². The summed E-state index contributed by atoms with van der Waals surface area (Å²) in [6.45, 7) is 0. The van der Waals surface area contributed by atoms with Crippen LogP contribution in [0.1, 0.15) is 10.4 Å². The van der Waals surface area contributed by atoms with Gasteiger partial charge in [0, 0.05) is 6.20 Å². The molecule has 7 heteroatoms. The molecule has 1 heterocycles. The number of hydrogen-bond acceptors (Lipinski definition) is 5. The number of hydrogen-bond donors (Lipinski definition) is 2. The van der Waals surface area contributed by atoms with E-state index in [0.29, 0.717) is 0 Å². The molecule has 0 unspecified atom stereocenters. The minimum atomic E-state index is -1.34. The summed E-state index contributed by atoms with van der Waals surface area (Å²) in [5.74, 6) is -1.34. The van der Waals surface area contributed by atoms with Crippen molar-refractivity contribution in [3.8, 4) is 0 Å². The third-order valence-corrected chi connectivity index (χ3v) is 1.39. The van der Waals surface area contributed by atoms with Gasteiger partial charge in [-0.2, -0.15) is 0 Å². The summed E-state index contributed by atoms with van der Waals surface area (Å²) in [7, 11) is 0. The fourth-order valence-corrected chi connectivity index (χ4v) is 0.775. The number of pyridine rings is 1. The van der Waals surface area contributed by atoms with Crippen LogP contribution in [0.5, 0.6) is 0 Å². The van der Waals surface area contributed by atoms with E-state index in [2.05, 4.69) is 4.98 Å². The molecule has 0 atom stereocenters. The van der Waals surface area contributed by atoms with Gasteiger partial charge in [0.15, 0.2) is 0 Å². The van der Waals surface area contributed by atoms with Crippen molar-refractivity contribution < 1.29 is 14.8 Å². The Morgan fingerprint density at radius 2 is 2.23 bits per heavy atom. The largest absolute Gasteiger partial charge is 0.478 e. The van der Waals surface area contributed by atoms with Gasteiger partial charge in [-0.15, -0.1) is 0 Å². The predicted molar refractivity (Wildman–Crippen MR) is 42.3 cm³/mol. The fourth-order valence-electron chi connectivity index (χ4n) is 0.775. The number of rotatable bonds is 2. The lowest BCUT2D eigenvalue weighted by Gasteiger charge is -1.99. The molecule has 0 bridgehead atoms. The Morgan fingerprint density at radius 1 is 1.62 bits per heavy atom. The third-order valence-electron chi connectivity index (χ3n) is 1.39. The maximum absolute atomic E-state index is 10.5. The zero-order valence-corrected chi connectivity index (χ0v) is 6.30. The monoisotopic (exact) mass is 183 g/mol. The Hall–Kier alpha value is -2.18. The molecular weight excluding hydrogens is 178 g/mol. The summed E-state index contributed by atoms with van der Waals surface area (Å²) in [6.07, 6.45) is 1.87. The molecule has 0 fully saturated rings.